The summed E-state index contributed by atoms with van der Waals surface area (Å²) in [6.45, 7) is 1.97. The Morgan fingerprint density at radius 1 is 1.13 bits per heavy atom. The third-order valence-corrected chi connectivity index (χ3v) is 5.93. The van der Waals surface area contributed by atoms with Crippen molar-refractivity contribution in [1.82, 2.24) is 20.5 Å². The van der Waals surface area contributed by atoms with Gasteiger partial charge in [-0.1, -0.05) is 0 Å². The number of halogens is 3. The zero-order chi connectivity index (χ0) is 21.3. The smallest absolute Gasteiger partial charge is 0.275 e. The summed E-state index contributed by atoms with van der Waals surface area (Å²) in [6, 6.07) is 1.72. The minimum absolute atomic E-state index is 0.207. The number of aromatic nitrogens is 1. The van der Waals surface area contributed by atoms with E-state index in [-0.39, 0.29) is 24.7 Å². The fourth-order valence-corrected chi connectivity index (χ4v) is 4.30. The monoisotopic (exact) mass is 426 g/mol. The Morgan fingerprint density at radius 3 is 2.57 bits per heavy atom. The number of nitrogens with one attached hydrogen (secondary N) is 3. The molecule has 0 bridgehead atoms. The number of piperazine rings is 1. The second-order valence-corrected chi connectivity index (χ2v) is 7.92. The molecule has 3 fully saturated rings. The maximum absolute atomic E-state index is 14.6. The number of nitrogens with zero attached hydrogens (tertiary/aromatic N) is 3. The number of rotatable bonds is 4. The van der Waals surface area contributed by atoms with E-state index in [0.29, 0.717) is 51.3 Å². The average molecular weight is 426 g/mol. The predicted octanol–water partition coefficient (Wildman–Crippen LogP) is 0.557. The van der Waals surface area contributed by atoms with E-state index in [1.165, 1.54) is 0 Å². The van der Waals surface area contributed by atoms with Gasteiger partial charge in [-0.3, -0.25) is 19.8 Å². The summed E-state index contributed by atoms with van der Waals surface area (Å²) in [4.78, 5) is 30.5. The highest BCUT2D eigenvalue weighted by Crippen LogP contribution is 2.30. The van der Waals surface area contributed by atoms with Gasteiger partial charge in [0.1, 0.15) is 11.9 Å². The van der Waals surface area contributed by atoms with Crippen LogP contribution in [-0.4, -0.2) is 79.0 Å². The van der Waals surface area contributed by atoms with E-state index in [4.69, 9.17) is 0 Å². The molecule has 0 aliphatic carbocycles. The van der Waals surface area contributed by atoms with Crippen LogP contribution in [0, 0.1) is 5.95 Å². The van der Waals surface area contributed by atoms with Crippen molar-refractivity contribution in [1.29, 1.82) is 0 Å². The quantitative estimate of drug-likeness (QED) is 0.479. The SMILES string of the molecule is O=C1CCC(Nc2ccc(N3CCN(C4CCNCC4(F)F)CC3)c(F)n2)C(=O)N1. The maximum atomic E-state index is 14.6. The molecule has 3 aliphatic rings. The molecule has 1 aromatic heterocycles. The van der Waals surface area contributed by atoms with Crippen LogP contribution in [0.4, 0.5) is 24.7 Å². The van der Waals surface area contributed by atoms with Crippen molar-refractivity contribution in [3.63, 3.8) is 0 Å². The van der Waals surface area contributed by atoms with Crippen molar-refractivity contribution >= 4 is 23.3 Å². The largest absolute Gasteiger partial charge is 0.365 e. The number of anilines is 2. The second-order valence-electron chi connectivity index (χ2n) is 7.92. The normalized spacial score (nSPS) is 27.6. The van der Waals surface area contributed by atoms with Gasteiger partial charge < -0.3 is 15.5 Å². The standard InChI is InChI=1S/C19H25F3N6O2/c20-17-13(2-3-15(25-17)24-12-1-4-16(29)26-18(12)30)27-7-9-28(10-8-27)14-5-6-23-11-19(14,21)22/h2-3,12,14,23H,1,4-11H2,(H,24,25)(H,26,29,30). The van der Waals surface area contributed by atoms with Gasteiger partial charge in [0.05, 0.1) is 18.3 Å². The van der Waals surface area contributed by atoms with E-state index >= 15 is 0 Å². The molecule has 30 heavy (non-hydrogen) atoms. The summed E-state index contributed by atoms with van der Waals surface area (Å²) >= 11 is 0. The molecule has 2 amide bonds. The van der Waals surface area contributed by atoms with Crippen LogP contribution >= 0.6 is 0 Å². The molecule has 4 heterocycles. The average Bonchev–Trinajstić information content (AvgIpc) is 2.70. The number of carbonyl (C=O) groups is 2. The summed E-state index contributed by atoms with van der Waals surface area (Å²) in [5.41, 5.74) is 0.306. The van der Waals surface area contributed by atoms with Crippen molar-refractivity contribution in [2.75, 3.05) is 49.5 Å². The van der Waals surface area contributed by atoms with Crippen LogP contribution in [0.15, 0.2) is 12.1 Å². The molecule has 3 aliphatic heterocycles. The Balaban J connectivity index is 1.36. The topological polar surface area (TPSA) is 89.6 Å². The number of hydrogen-bond acceptors (Lipinski definition) is 7. The highest BCUT2D eigenvalue weighted by molar-refractivity contribution is 6.01. The predicted molar refractivity (Wildman–Crippen MR) is 104 cm³/mol. The first kappa shape index (κ1) is 20.9. The minimum Gasteiger partial charge on any atom is -0.365 e. The van der Waals surface area contributed by atoms with Crippen molar-refractivity contribution in [3.8, 4) is 0 Å². The molecule has 2 unspecified atom stereocenters. The molecule has 8 nitrogen and oxygen atoms in total. The number of carbonyl (C=O) groups excluding carboxylic acids is 2. The number of hydrogen-bond donors (Lipinski definition) is 3. The van der Waals surface area contributed by atoms with E-state index in [2.05, 4.69) is 20.9 Å². The maximum Gasteiger partial charge on any atom is 0.275 e. The van der Waals surface area contributed by atoms with Crippen molar-refractivity contribution in [2.24, 2.45) is 0 Å². The van der Waals surface area contributed by atoms with Gasteiger partial charge in [0.15, 0.2) is 0 Å². The second kappa shape index (κ2) is 8.38. The zero-order valence-electron chi connectivity index (χ0n) is 16.5. The number of pyridine rings is 1. The molecule has 0 saturated carbocycles. The Kier molecular flexibility index (Phi) is 5.83. The molecule has 4 rings (SSSR count). The number of imide groups is 1. The first-order valence-corrected chi connectivity index (χ1v) is 10.2. The summed E-state index contributed by atoms with van der Waals surface area (Å²) in [5, 5.41) is 7.81. The van der Waals surface area contributed by atoms with Gasteiger partial charge in [-0.2, -0.15) is 4.39 Å². The van der Waals surface area contributed by atoms with E-state index in [0.717, 1.165) is 0 Å². The Morgan fingerprint density at radius 2 is 1.90 bits per heavy atom. The summed E-state index contributed by atoms with van der Waals surface area (Å²) in [5.74, 6) is -4.03. The molecule has 2 atom stereocenters. The van der Waals surface area contributed by atoms with Crippen LogP contribution < -0.4 is 20.9 Å². The van der Waals surface area contributed by atoms with Gasteiger partial charge >= 0.3 is 0 Å². The lowest BCUT2D eigenvalue weighted by atomic mass is 9.99. The Labute approximate surface area is 172 Å². The van der Waals surface area contributed by atoms with Crippen LogP contribution in [0.3, 0.4) is 0 Å². The van der Waals surface area contributed by atoms with Gasteiger partial charge in [-0.25, -0.2) is 13.8 Å². The number of alkyl halides is 2. The number of amides is 2. The van der Waals surface area contributed by atoms with Crippen LogP contribution in [-0.2, 0) is 9.59 Å². The fraction of sp³-hybridized carbons (Fsp3) is 0.632. The van der Waals surface area contributed by atoms with Gasteiger partial charge in [0.25, 0.3) is 5.92 Å². The van der Waals surface area contributed by atoms with Crippen LogP contribution in [0.1, 0.15) is 19.3 Å². The lowest BCUT2D eigenvalue weighted by Crippen LogP contribution is -2.61. The lowest BCUT2D eigenvalue weighted by Gasteiger charge is -2.44. The highest BCUT2D eigenvalue weighted by atomic mass is 19.3. The van der Waals surface area contributed by atoms with Crippen molar-refractivity contribution in [3.05, 3.63) is 18.1 Å². The third kappa shape index (κ3) is 4.36. The third-order valence-electron chi connectivity index (χ3n) is 5.93. The Hall–Kier alpha value is -2.40. The number of piperidine rings is 2. The first-order valence-electron chi connectivity index (χ1n) is 10.2. The first-order chi connectivity index (χ1) is 14.3. The van der Waals surface area contributed by atoms with Gasteiger partial charge in [0, 0.05) is 32.6 Å². The van der Waals surface area contributed by atoms with Gasteiger partial charge in [-0.05, 0) is 31.5 Å². The lowest BCUT2D eigenvalue weighted by molar-refractivity contribution is -0.133. The van der Waals surface area contributed by atoms with E-state index < -0.39 is 29.9 Å². The van der Waals surface area contributed by atoms with Crippen molar-refractivity contribution in [2.45, 2.75) is 37.3 Å². The highest BCUT2D eigenvalue weighted by Gasteiger charge is 2.45. The molecule has 3 saturated heterocycles. The molecule has 1 aromatic rings. The van der Waals surface area contributed by atoms with Gasteiger partial charge in [0.2, 0.25) is 17.8 Å². The van der Waals surface area contributed by atoms with E-state index in [1.807, 2.05) is 0 Å². The molecular formula is C19H25F3N6O2. The molecule has 0 aromatic carbocycles. The molecule has 0 spiro atoms. The van der Waals surface area contributed by atoms with Crippen LogP contribution in [0.5, 0.6) is 0 Å². The molecular weight excluding hydrogens is 401 g/mol. The van der Waals surface area contributed by atoms with E-state index in [9.17, 15) is 22.8 Å². The zero-order valence-corrected chi connectivity index (χ0v) is 16.5. The van der Waals surface area contributed by atoms with Crippen LogP contribution in [0.2, 0.25) is 0 Å². The summed E-state index contributed by atoms with van der Waals surface area (Å²) in [6.07, 6.45) is 0.924. The minimum atomic E-state index is -2.77. The Bertz CT molecular complexity index is 815. The fourth-order valence-electron chi connectivity index (χ4n) is 4.30. The van der Waals surface area contributed by atoms with Crippen molar-refractivity contribution < 1.29 is 22.8 Å². The molecule has 3 N–H and O–H groups in total. The molecule has 164 valence electrons. The molecule has 11 heteroatoms. The molecule has 0 radical (unpaired) electrons. The summed E-state index contributed by atoms with van der Waals surface area (Å²) in [7, 11) is 0. The van der Waals surface area contributed by atoms with Gasteiger partial charge in [-0.15, -0.1) is 0 Å². The van der Waals surface area contributed by atoms with Crippen LogP contribution in [0.25, 0.3) is 0 Å². The van der Waals surface area contributed by atoms with E-state index in [1.54, 1.807) is 21.9 Å². The summed E-state index contributed by atoms with van der Waals surface area (Å²) < 4.78 is 43.0.